The van der Waals surface area contributed by atoms with Crippen molar-refractivity contribution in [2.75, 3.05) is 37.7 Å². The first-order chi connectivity index (χ1) is 14.7. The molecule has 1 aliphatic heterocycles. The Balaban J connectivity index is 1.50. The van der Waals surface area contributed by atoms with E-state index in [0.29, 0.717) is 19.1 Å². The molecule has 0 aromatic heterocycles. The SMILES string of the molecule is CCNC(=NCc1ccc(N2CCC(CO)CC2)cc1)NCCc1cccc(Cl)c1. The van der Waals surface area contributed by atoms with Crippen LogP contribution in [-0.2, 0) is 13.0 Å². The molecule has 2 aromatic carbocycles. The van der Waals surface area contributed by atoms with Gasteiger partial charge in [-0.25, -0.2) is 4.99 Å². The zero-order valence-electron chi connectivity index (χ0n) is 17.8. The number of piperidine rings is 1. The lowest BCUT2D eigenvalue weighted by Crippen LogP contribution is -2.38. The van der Waals surface area contributed by atoms with Crippen molar-refractivity contribution in [2.45, 2.75) is 32.7 Å². The minimum atomic E-state index is 0.312. The number of nitrogens with zero attached hydrogens (tertiary/aromatic N) is 2. The van der Waals surface area contributed by atoms with Crippen molar-refractivity contribution in [2.24, 2.45) is 10.9 Å². The van der Waals surface area contributed by atoms with E-state index in [-0.39, 0.29) is 0 Å². The smallest absolute Gasteiger partial charge is 0.191 e. The van der Waals surface area contributed by atoms with Crippen LogP contribution in [-0.4, -0.2) is 43.9 Å². The summed E-state index contributed by atoms with van der Waals surface area (Å²) in [6.45, 7) is 6.68. The topological polar surface area (TPSA) is 59.9 Å². The van der Waals surface area contributed by atoms with E-state index in [1.807, 2.05) is 18.2 Å². The molecule has 0 unspecified atom stereocenters. The lowest BCUT2D eigenvalue weighted by atomic mass is 9.97. The van der Waals surface area contributed by atoms with Crippen molar-refractivity contribution in [3.8, 4) is 0 Å². The summed E-state index contributed by atoms with van der Waals surface area (Å²) < 4.78 is 0. The third kappa shape index (κ3) is 6.92. The van der Waals surface area contributed by atoms with Gasteiger partial charge in [0.15, 0.2) is 5.96 Å². The number of aliphatic hydroxyl groups excluding tert-OH is 1. The highest BCUT2D eigenvalue weighted by atomic mass is 35.5. The summed E-state index contributed by atoms with van der Waals surface area (Å²) in [7, 11) is 0. The number of aliphatic hydroxyl groups is 1. The van der Waals surface area contributed by atoms with Crippen molar-refractivity contribution in [3.63, 3.8) is 0 Å². The number of halogens is 1. The Bertz CT molecular complexity index is 801. The van der Waals surface area contributed by atoms with Crippen molar-refractivity contribution in [1.82, 2.24) is 10.6 Å². The molecule has 1 heterocycles. The van der Waals surface area contributed by atoms with Crippen LogP contribution in [0, 0.1) is 5.92 Å². The third-order valence-corrected chi connectivity index (χ3v) is 5.77. The predicted molar refractivity (Wildman–Crippen MR) is 126 cm³/mol. The molecule has 0 saturated carbocycles. The standard InChI is InChI=1S/C24H33ClN4O/c1-2-26-24(27-13-10-19-4-3-5-22(25)16-19)28-17-20-6-8-23(9-7-20)29-14-11-21(18-30)12-15-29/h3-9,16,21,30H,2,10-15,17-18H2,1H3,(H2,26,27,28). The van der Waals surface area contributed by atoms with Crippen LogP contribution < -0.4 is 15.5 Å². The highest BCUT2D eigenvalue weighted by molar-refractivity contribution is 6.30. The van der Waals surface area contributed by atoms with Gasteiger partial charge in [-0.15, -0.1) is 0 Å². The van der Waals surface area contributed by atoms with Gasteiger partial charge in [-0.3, -0.25) is 0 Å². The molecule has 0 radical (unpaired) electrons. The summed E-state index contributed by atoms with van der Waals surface area (Å²) in [6, 6.07) is 16.7. The summed E-state index contributed by atoms with van der Waals surface area (Å²) in [5.74, 6) is 1.29. The molecule has 3 N–H and O–H groups in total. The Labute approximate surface area is 185 Å². The van der Waals surface area contributed by atoms with E-state index in [4.69, 9.17) is 16.6 Å². The molecule has 1 saturated heterocycles. The lowest BCUT2D eigenvalue weighted by molar-refractivity contribution is 0.203. The number of guanidine groups is 1. The first-order valence-corrected chi connectivity index (χ1v) is 11.3. The van der Waals surface area contributed by atoms with Crippen LogP contribution in [0.25, 0.3) is 0 Å². The zero-order chi connectivity index (χ0) is 21.2. The van der Waals surface area contributed by atoms with E-state index in [2.05, 4.69) is 52.8 Å². The summed E-state index contributed by atoms with van der Waals surface area (Å²) in [4.78, 5) is 7.13. The molecule has 30 heavy (non-hydrogen) atoms. The van der Waals surface area contributed by atoms with Gasteiger partial charge in [0.25, 0.3) is 0 Å². The maximum Gasteiger partial charge on any atom is 0.191 e. The number of nitrogens with one attached hydrogen (secondary N) is 2. The van der Waals surface area contributed by atoms with Crippen LogP contribution in [0.1, 0.15) is 30.9 Å². The molecular formula is C24H33ClN4O. The molecule has 0 aliphatic carbocycles. The molecule has 5 nitrogen and oxygen atoms in total. The van der Waals surface area contributed by atoms with Crippen molar-refractivity contribution in [3.05, 3.63) is 64.7 Å². The van der Waals surface area contributed by atoms with Gasteiger partial charge < -0.3 is 20.6 Å². The molecule has 1 aliphatic rings. The lowest BCUT2D eigenvalue weighted by Gasteiger charge is -2.32. The minimum Gasteiger partial charge on any atom is -0.396 e. The number of hydrogen-bond acceptors (Lipinski definition) is 3. The Kier molecular flexibility index (Phi) is 8.84. The number of hydrogen-bond donors (Lipinski definition) is 3. The maximum absolute atomic E-state index is 9.30. The predicted octanol–water partition coefficient (Wildman–Crippen LogP) is 3.85. The molecule has 0 atom stereocenters. The molecule has 6 heteroatoms. The van der Waals surface area contributed by atoms with Crippen LogP contribution >= 0.6 is 11.6 Å². The highest BCUT2D eigenvalue weighted by Gasteiger charge is 2.18. The summed E-state index contributed by atoms with van der Waals surface area (Å²) in [5.41, 5.74) is 3.66. The average Bonchev–Trinajstić information content (AvgIpc) is 2.78. The van der Waals surface area contributed by atoms with E-state index >= 15 is 0 Å². The van der Waals surface area contributed by atoms with Gasteiger partial charge in [-0.05, 0) is 67.5 Å². The first kappa shape index (κ1) is 22.4. The molecule has 0 bridgehead atoms. The summed E-state index contributed by atoms with van der Waals surface area (Å²) >= 11 is 6.06. The van der Waals surface area contributed by atoms with Gasteiger partial charge in [-0.1, -0.05) is 35.9 Å². The quantitative estimate of drug-likeness (QED) is 0.441. The fraction of sp³-hybridized carbons (Fsp3) is 0.458. The average molecular weight is 429 g/mol. The van der Waals surface area contributed by atoms with E-state index < -0.39 is 0 Å². The van der Waals surface area contributed by atoms with Crippen LogP contribution in [0.4, 0.5) is 5.69 Å². The molecular weight excluding hydrogens is 396 g/mol. The van der Waals surface area contributed by atoms with E-state index in [0.717, 1.165) is 56.4 Å². The van der Waals surface area contributed by atoms with Gasteiger partial charge in [-0.2, -0.15) is 0 Å². The monoisotopic (exact) mass is 428 g/mol. The van der Waals surface area contributed by atoms with Crippen LogP contribution in [0.15, 0.2) is 53.5 Å². The number of anilines is 1. The first-order valence-electron chi connectivity index (χ1n) is 10.9. The summed E-state index contributed by atoms with van der Waals surface area (Å²) in [5, 5.41) is 16.8. The highest BCUT2D eigenvalue weighted by Crippen LogP contribution is 2.23. The maximum atomic E-state index is 9.30. The van der Waals surface area contributed by atoms with Gasteiger partial charge in [0.2, 0.25) is 0 Å². The second-order valence-electron chi connectivity index (χ2n) is 7.78. The molecule has 0 spiro atoms. The van der Waals surface area contributed by atoms with Crippen LogP contribution in [0.5, 0.6) is 0 Å². The molecule has 162 valence electrons. The van der Waals surface area contributed by atoms with Gasteiger partial charge >= 0.3 is 0 Å². The van der Waals surface area contributed by atoms with Crippen LogP contribution in [0.2, 0.25) is 5.02 Å². The Morgan fingerprint density at radius 1 is 1.10 bits per heavy atom. The van der Waals surface area contributed by atoms with E-state index in [9.17, 15) is 5.11 Å². The van der Waals surface area contributed by atoms with E-state index in [1.165, 1.54) is 16.8 Å². The Morgan fingerprint density at radius 3 is 2.53 bits per heavy atom. The zero-order valence-corrected chi connectivity index (χ0v) is 18.5. The number of benzene rings is 2. The van der Waals surface area contributed by atoms with Crippen LogP contribution in [0.3, 0.4) is 0 Å². The molecule has 2 aromatic rings. The second kappa shape index (κ2) is 11.8. The third-order valence-electron chi connectivity index (χ3n) is 5.53. The van der Waals surface area contributed by atoms with Gasteiger partial charge in [0, 0.05) is 43.5 Å². The minimum absolute atomic E-state index is 0.312. The molecule has 3 rings (SSSR count). The van der Waals surface area contributed by atoms with Crippen molar-refractivity contribution >= 4 is 23.2 Å². The molecule has 1 fully saturated rings. The second-order valence-corrected chi connectivity index (χ2v) is 8.22. The van der Waals surface area contributed by atoms with Crippen molar-refractivity contribution in [1.29, 1.82) is 0 Å². The normalized spacial score (nSPS) is 15.3. The fourth-order valence-electron chi connectivity index (χ4n) is 3.72. The number of aliphatic imine (C=N–C) groups is 1. The van der Waals surface area contributed by atoms with Crippen molar-refractivity contribution < 1.29 is 5.11 Å². The number of rotatable bonds is 8. The Morgan fingerprint density at radius 2 is 1.87 bits per heavy atom. The van der Waals surface area contributed by atoms with E-state index in [1.54, 1.807) is 0 Å². The summed E-state index contributed by atoms with van der Waals surface area (Å²) in [6.07, 6.45) is 3.03. The van der Waals surface area contributed by atoms with Gasteiger partial charge in [0.1, 0.15) is 0 Å². The fourth-order valence-corrected chi connectivity index (χ4v) is 3.93. The Hall–Kier alpha value is -2.24. The van der Waals surface area contributed by atoms with Gasteiger partial charge in [0.05, 0.1) is 6.54 Å². The molecule has 0 amide bonds. The largest absolute Gasteiger partial charge is 0.396 e.